The first-order chi connectivity index (χ1) is 13.0. The van der Waals surface area contributed by atoms with Crippen LogP contribution >= 0.6 is 0 Å². The van der Waals surface area contributed by atoms with Crippen molar-refractivity contribution in [2.45, 2.75) is 32.5 Å². The first-order valence-corrected chi connectivity index (χ1v) is 9.12. The highest BCUT2D eigenvalue weighted by molar-refractivity contribution is 5.94. The number of ether oxygens (including phenoxy) is 1. The zero-order valence-electron chi connectivity index (χ0n) is 16.0. The molecular formula is C21H25N3O3. The molecule has 27 heavy (non-hydrogen) atoms. The highest BCUT2D eigenvalue weighted by atomic mass is 16.5. The van der Waals surface area contributed by atoms with Crippen molar-refractivity contribution in [3.8, 4) is 0 Å². The second kappa shape index (κ2) is 8.31. The number of aromatic nitrogens is 1. The molecule has 1 aliphatic heterocycles. The van der Waals surface area contributed by atoms with Crippen molar-refractivity contribution < 1.29 is 14.3 Å². The van der Waals surface area contributed by atoms with E-state index in [1.54, 1.807) is 36.7 Å². The van der Waals surface area contributed by atoms with Crippen LogP contribution in [0.25, 0.3) is 0 Å². The Balaban J connectivity index is 1.65. The van der Waals surface area contributed by atoms with Gasteiger partial charge in [-0.2, -0.15) is 0 Å². The summed E-state index contributed by atoms with van der Waals surface area (Å²) in [5.41, 5.74) is 2.36. The molecule has 2 heterocycles. The van der Waals surface area contributed by atoms with Gasteiger partial charge in [-0.3, -0.25) is 14.7 Å². The minimum Gasteiger partial charge on any atom is -0.465 e. The summed E-state index contributed by atoms with van der Waals surface area (Å²) < 4.78 is 4.73. The van der Waals surface area contributed by atoms with Crippen molar-refractivity contribution in [2.75, 3.05) is 20.2 Å². The number of amides is 1. The first kappa shape index (κ1) is 19.0. The zero-order chi connectivity index (χ0) is 19.4. The van der Waals surface area contributed by atoms with Gasteiger partial charge in [0, 0.05) is 49.7 Å². The van der Waals surface area contributed by atoms with Gasteiger partial charge in [-0.25, -0.2) is 4.79 Å². The maximum Gasteiger partial charge on any atom is 0.337 e. The fourth-order valence-electron chi connectivity index (χ4n) is 3.73. The molecule has 0 unspecified atom stereocenters. The monoisotopic (exact) mass is 367 g/mol. The molecule has 0 radical (unpaired) electrons. The number of pyridine rings is 1. The van der Waals surface area contributed by atoms with Gasteiger partial charge in [0.05, 0.1) is 12.7 Å². The van der Waals surface area contributed by atoms with Gasteiger partial charge >= 0.3 is 5.97 Å². The fraction of sp³-hybridized carbons (Fsp3) is 0.381. The predicted octanol–water partition coefficient (Wildman–Crippen LogP) is 2.60. The van der Waals surface area contributed by atoms with Crippen LogP contribution in [0.15, 0.2) is 48.8 Å². The number of hydrogen-bond donors (Lipinski definition) is 0. The molecule has 2 atom stereocenters. The summed E-state index contributed by atoms with van der Waals surface area (Å²) in [6.45, 7) is 6.57. The highest BCUT2D eigenvalue weighted by Gasteiger charge is 2.33. The third-order valence-corrected chi connectivity index (χ3v) is 4.94. The molecule has 0 saturated carbocycles. The van der Waals surface area contributed by atoms with E-state index in [4.69, 9.17) is 4.74 Å². The Hall–Kier alpha value is -2.73. The van der Waals surface area contributed by atoms with Crippen molar-refractivity contribution in [2.24, 2.45) is 0 Å². The molecule has 0 N–H and O–H groups in total. The molecule has 1 aliphatic rings. The van der Waals surface area contributed by atoms with E-state index >= 15 is 0 Å². The molecule has 142 valence electrons. The van der Waals surface area contributed by atoms with Gasteiger partial charge in [-0.05, 0) is 43.7 Å². The third-order valence-electron chi connectivity index (χ3n) is 4.94. The van der Waals surface area contributed by atoms with Gasteiger partial charge in [-0.1, -0.05) is 12.1 Å². The minimum absolute atomic E-state index is 0.0551. The lowest BCUT2D eigenvalue weighted by molar-refractivity contribution is 0.0268. The number of carbonyl (C=O) groups is 2. The second-order valence-electron chi connectivity index (χ2n) is 7.03. The first-order valence-electron chi connectivity index (χ1n) is 9.12. The molecule has 1 fully saturated rings. The quantitative estimate of drug-likeness (QED) is 0.778. The van der Waals surface area contributed by atoms with Gasteiger partial charge < -0.3 is 9.64 Å². The third kappa shape index (κ3) is 4.34. The molecule has 6 nitrogen and oxygen atoms in total. The lowest BCUT2D eigenvalue weighted by atomic mass is 10.0. The van der Waals surface area contributed by atoms with E-state index in [0.717, 1.165) is 25.2 Å². The van der Waals surface area contributed by atoms with Crippen LogP contribution in [0.5, 0.6) is 0 Å². The maximum absolute atomic E-state index is 12.9. The normalized spacial score (nSPS) is 20.3. The molecule has 6 heteroatoms. The van der Waals surface area contributed by atoms with Gasteiger partial charge in [0.2, 0.25) is 0 Å². The standard InChI is InChI=1S/C21H25N3O3/c1-15-12-23(14-17-4-6-19(7-5-17)21(26)27-3)13-16(2)24(15)20(25)18-8-10-22-11-9-18/h4-11,15-16H,12-14H2,1-3H3/t15-,16+. The van der Waals surface area contributed by atoms with E-state index in [2.05, 4.69) is 23.7 Å². The molecule has 0 bridgehead atoms. The average molecular weight is 367 g/mol. The summed E-state index contributed by atoms with van der Waals surface area (Å²) in [6.07, 6.45) is 3.30. The Bertz CT molecular complexity index is 780. The van der Waals surface area contributed by atoms with Crippen LogP contribution in [-0.4, -0.2) is 58.9 Å². The molecule has 1 amide bonds. The summed E-state index contributed by atoms with van der Waals surface area (Å²) in [7, 11) is 1.38. The lowest BCUT2D eigenvalue weighted by Crippen LogP contribution is -2.58. The Morgan fingerprint density at radius 3 is 2.15 bits per heavy atom. The second-order valence-corrected chi connectivity index (χ2v) is 7.03. The summed E-state index contributed by atoms with van der Waals surface area (Å²) in [5, 5.41) is 0. The van der Waals surface area contributed by atoms with Crippen LogP contribution in [0.4, 0.5) is 0 Å². The van der Waals surface area contributed by atoms with E-state index in [1.165, 1.54) is 7.11 Å². The molecule has 1 aromatic heterocycles. The van der Waals surface area contributed by atoms with Crippen molar-refractivity contribution in [1.82, 2.24) is 14.8 Å². The fourth-order valence-corrected chi connectivity index (χ4v) is 3.73. The Morgan fingerprint density at radius 2 is 1.59 bits per heavy atom. The minimum atomic E-state index is -0.327. The van der Waals surface area contributed by atoms with Crippen LogP contribution in [0.1, 0.15) is 40.1 Å². The van der Waals surface area contributed by atoms with Crippen molar-refractivity contribution >= 4 is 11.9 Å². The highest BCUT2D eigenvalue weighted by Crippen LogP contribution is 2.21. The molecular weight excluding hydrogens is 342 g/mol. The number of piperazine rings is 1. The number of hydrogen-bond acceptors (Lipinski definition) is 5. The van der Waals surface area contributed by atoms with Crippen LogP contribution in [0.2, 0.25) is 0 Å². The molecule has 0 aliphatic carbocycles. The van der Waals surface area contributed by atoms with Gasteiger partial charge in [0.25, 0.3) is 5.91 Å². The number of methoxy groups -OCH3 is 1. The molecule has 0 spiro atoms. The lowest BCUT2D eigenvalue weighted by Gasteiger charge is -2.44. The van der Waals surface area contributed by atoms with E-state index in [9.17, 15) is 9.59 Å². The van der Waals surface area contributed by atoms with Crippen molar-refractivity contribution in [3.05, 3.63) is 65.5 Å². The molecule has 2 aromatic rings. The number of carbonyl (C=O) groups excluding carboxylic acids is 2. The number of esters is 1. The van der Waals surface area contributed by atoms with Crippen molar-refractivity contribution in [1.29, 1.82) is 0 Å². The predicted molar refractivity (Wildman–Crippen MR) is 102 cm³/mol. The molecule has 3 rings (SSSR count). The van der Waals surface area contributed by atoms with Crippen LogP contribution < -0.4 is 0 Å². The van der Waals surface area contributed by atoms with E-state index in [0.29, 0.717) is 11.1 Å². The SMILES string of the molecule is COC(=O)c1ccc(CN2C[C@@H](C)N(C(=O)c3ccncc3)[C@@H](C)C2)cc1. The van der Waals surface area contributed by atoms with Gasteiger partial charge in [0.15, 0.2) is 0 Å². The summed E-state index contributed by atoms with van der Waals surface area (Å²) in [6, 6.07) is 11.2. The summed E-state index contributed by atoms with van der Waals surface area (Å²) in [5.74, 6) is -0.272. The smallest absolute Gasteiger partial charge is 0.337 e. The summed E-state index contributed by atoms with van der Waals surface area (Å²) in [4.78, 5) is 32.7. The number of nitrogens with zero attached hydrogens (tertiary/aromatic N) is 3. The Kier molecular flexibility index (Phi) is 5.86. The van der Waals surface area contributed by atoms with Crippen LogP contribution in [0, 0.1) is 0 Å². The molecule has 1 aromatic carbocycles. The topological polar surface area (TPSA) is 62.7 Å². The van der Waals surface area contributed by atoms with Crippen molar-refractivity contribution in [3.63, 3.8) is 0 Å². The Morgan fingerprint density at radius 1 is 1.00 bits per heavy atom. The van der Waals surface area contributed by atoms with E-state index < -0.39 is 0 Å². The maximum atomic E-state index is 12.9. The van der Waals surface area contributed by atoms with Crippen LogP contribution in [-0.2, 0) is 11.3 Å². The largest absolute Gasteiger partial charge is 0.465 e. The van der Waals surface area contributed by atoms with Gasteiger partial charge in [-0.15, -0.1) is 0 Å². The average Bonchev–Trinajstić information content (AvgIpc) is 2.68. The zero-order valence-corrected chi connectivity index (χ0v) is 16.0. The number of rotatable bonds is 4. The van der Waals surface area contributed by atoms with Gasteiger partial charge in [0.1, 0.15) is 0 Å². The molecule has 1 saturated heterocycles. The van der Waals surface area contributed by atoms with Crippen LogP contribution in [0.3, 0.4) is 0 Å². The van der Waals surface area contributed by atoms with E-state index in [1.807, 2.05) is 17.0 Å². The Labute approximate surface area is 159 Å². The summed E-state index contributed by atoms with van der Waals surface area (Å²) >= 11 is 0. The van der Waals surface area contributed by atoms with E-state index in [-0.39, 0.29) is 24.0 Å². The number of benzene rings is 1.